The number of phenolic OH excluding ortho intramolecular Hbond substituents is 1. The van der Waals surface area contributed by atoms with Crippen LogP contribution in [0.3, 0.4) is 0 Å². The van der Waals surface area contributed by atoms with Gasteiger partial charge in [-0.05, 0) is 40.2 Å². The van der Waals surface area contributed by atoms with Crippen molar-refractivity contribution < 1.29 is 24.2 Å². The lowest BCUT2D eigenvalue weighted by Gasteiger charge is -2.33. The Morgan fingerprint density at radius 2 is 1.84 bits per heavy atom. The zero-order chi connectivity index (χ0) is 23.6. The molecule has 1 aromatic carbocycles. The first-order valence-corrected chi connectivity index (χ1v) is 11.1. The molecular weight excluding hydrogens is 418 g/mol. The summed E-state index contributed by atoms with van der Waals surface area (Å²) in [6, 6.07) is 4.34. The monoisotopic (exact) mass is 453 g/mol. The van der Waals surface area contributed by atoms with Gasteiger partial charge in [-0.3, -0.25) is 9.59 Å². The minimum Gasteiger partial charge on any atom is -0.508 e. The van der Waals surface area contributed by atoms with Crippen LogP contribution in [0.25, 0.3) is 0 Å². The van der Waals surface area contributed by atoms with Gasteiger partial charge in [0.15, 0.2) is 0 Å². The van der Waals surface area contributed by atoms with Crippen LogP contribution < -0.4 is 10.6 Å². The minimum absolute atomic E-state index is 0.0134. The van der Waals surface area contributed by atoms with Gasteiger partial charge in [0.1, 0.15) is 23.4 Å². The summed E-state index contributed by atoms with van der Waals surface area (Å²) in [6.45, 7) is 9.53. The molecule has 174 valence electrons. The maximum atomic E-state index is 13.3. The fourth-order valence-corrected chi connectivity index (χ4v) is 3.20. The van der Waals surface area contributed by atoms with Crippen LogP contribution in [0.2, 0.25) is 0 Å². The number of nitrogens with one attached hydrogen (secondary N) is 2. The summed E-state index contributed by atoms with van der Waals surface area (Å²) in [5, 5.41) is 15.7. The molecule has 0 aliphatic carbocycles. The number of alkyl carbamates (subject to hydrolysis) is 1. The van der Waals surface area contributed by atoms with E-state index in [4.69, 9.17) is 4.74 Å². The first-order valence-electron chi connectivity index (χ1n) is 10.5. The maximum absolute atomic E-state index is 13.3. The average Bonchev–Trinajstić information content (AvgIpc) is 2.69. The van der Waals surface area contributed by atoms with Crippen molar-refractivity contribution in [1.82, 2.24) is 15.5 Å². The maximum Gasteiger partial charge on any atom is 0.408 e. The number of hydrogen-bond donors (Lipinski definition) is 4. The number of rotatable bonds is 10. The van der Waals surface area contributed by atoms with Gasteiger partial charge in [0.05, 0.1) is 0 Å². The summed E-state index contributed by atoms with van der Waals surface area (Å²) in [4.78, 5) is 39.9. The summed E-state index contributed by atoms with van der Waals surface area (Å²) < 4.78 is 5.24. The predicted molar refractivity (Wildman–Crippen MR) is 123 cm³/mol. The van der Waals surface area contributed by atoms with Crippen LogP contribution in [-0.2, 0) is 14.3 Å². The fourth-order valence-electron chi connectivity index (χ4n) is 2.96. The third kappa shape index (κ3) is 8.32. The molecule has 0 aromatic heterocycles. The number of nitrogens with zero attached hydrogens (tertiary/aromatic N) is 1. The highest BCUT2D eigenvalue weighted by atomic mass is 32.1. The second-order valence-corrected chi connectivity index (χ2v) is 8.48. The Morgan fingerprint density at radius 1 is 1.19 bits per heavy atom. The molecule has 1 aromatic rings. The Labute approximate surface area is 190 Å². The van der Waals surface area contributed by atoms with Crippen molar-refractivity contribution in [1.29, 1.82) is 0 Å². The normalized spacial score (nSPS) is 13.1. The highest BCUT2D eigenvalue weighted by molar-refractivity contribution is 7.80. The summed E-state index contributed by atoms with van der Waals surface area (Å²) >= 11 is 4.20. The van der Waals surface area contributed by atoms with Crippen LogP contribution in [-0.4, -0.2) is 58.4 Å². The quantitative estimate of drug-likeness (QED) is 0.322. The molecule has 1 rings (SSSR count). The van der Waals surface area contributed by atoms with Gasteiger partial charge in [0.25, 0.3) is 0 Å². The van der Waals surface area contributed by atoms with Crippen molar-refractivity contribution in [2.45, 2.75) is 65.1 Å². The van der Waals surface area contributed by atoms with E-state index in [0.29, 0.717) is 12.1 Å². The molecule has 0 aliphatic heterocycles. The Balaban J connectivity index is 3.20. The number of phenols is 1. The summed E-state index contributed by atoms with van der Waals surface area (Å²) in [6.07, 6.45) is 0.945. The lowest BCUT2D eigenvalue weighted by atomic mass is 10.0. The number of carbonyl (C=O) groups excluding carboxylic acids is 3. The topological polar surface area (TPSA) is 108 Å². The third-order valence-electron chi connectivity index (χ3n) is 4.42. The standard InChI is InChI=1S/C22H35N3O5S/c1-6-8-13-23-19(27)18(15-11-9-10-12-17(15)26)25(7-2)20(28)16(14-31)24-21(29)30-22(3,4)5/h9-12,16,18,26,31H,6-8,13-14H2,1-5H3,(H,23,27)(H,24,29). The van der Waals surface area contributed by atoms with Crippen molar-refractivity contribution in [3.8, 4) is 5.75 Å². The highest BCUT2D eigenvalue weighted by Gasteiger charge is 2.36. The van der Waals surface area contributed by atoms with Crippen molar-refractivity contribution in [3.63, 3.8) is 0 Å². The van der Waals surface area contributed by atoms with Crippen molar-refractivity contribution in [3.05, 3.63) is 29.8 Å². The molecule has 0 fully saturated rings. The number of unbranched alkanes of at least 4 members (excludes halogenated alkanes) is 1. The van der Waals surface area contributed by atoms with E-state index in [0.717, 1.165) is 12.8 Å². The first-order chi connectivity index (χ1) is 14.6. The van der Waals surface area contributed by atoms with Crippen LogP contribution in [0.5, 0.6) is 5.75 Å². The molecule has 2 atom stereocenters. The molecule has 31 heavy (non-hydrogen) atoms. The third-order valence-corrected chi connectivity index (χ3v) is 4.78. The molecule has 2 unspecified atom stereocenters. The SMILES string of the molecule is CCCCNC(=O)C(c1ccccc1O)N(CC)C(=O)C(CS)NC(=O)OC(C)(C)C. The molecule has 0 bridgehead atoms. The number of thiol groups is 1. The Hall–Kier alpha value is -2.42. The minimum atomic E-state index is -1.06. The predicted octanol–water partition coefficient (Wildman–Crippen LogP) is 3.02. The zero-order valence-electron chi connectivity index (χ0n) is 19.0. The molecule has 0 heterocycles. The van der Waals surface area contributed by atoms with E-state index in [1.807, 2.05) is 6.92 Å². The number of ether oxygens (including phenoxy) is 1. The Morgan fingerprint density at radius 3 is 2.35 bits per heavy atom. The van der Waals surface area contributed by atoms with E-state index in [9.17, 15) is 19.5 Å². The Kier molecular flexibility index (Phi) is 10.7. The summed E-state index contributed by atoms with van der Waals surface area (Å²) in [7, 11) is 0. The number of hydrogen-bond acceptors (Lipinski definition) is 6. The smallest absolute Gasteiger partial charge is 0.408 e. The molecule has 0 saturated carbocycles. The number of aromatic hydroxyl groups is 1. The zero-order valence-corrected chi connectivity index (χ0v) is 19.9. The largest absolute Gasteiger partial charge is 0.508 e. The van der Waals surface area contributed by atoms with E-state index in [1.165, 1.54) is 11.0 Å². The molecule has 9 heteroatoms. The second kappa shape index (κ2) is 12.4. The summed E-state index contributed by atoms with van der Waals surface area (Å²) in [5.41, 5.74) is -0.419. The van der Waals surface area contributed by atoms with Gasteiger partial charge < -0.3 is 25.4 Å². The van der Waals surface area contributed by atoms with Gasteiger partial charge in [-0.15, -0.1) is 0 Å². The van der Waals surface area contributed by atoms with Gasteiger partial charge in [-0.1, -0.05) is 31.5 Å². The number of benzene rings is 1. The van der Waals surface area contributed by atoms with Gasteiger partial charge >= 0.3 is 6.09 Å². The number of likely N-dealkylation sites (N-methyl/N-ethyl adjacent to an activating group) is 1. The van der Waals surface area contributed by atoms with Gasteiger partial charge in [0.2, 0.25) is 11.8 Å². The summed E-state index contributed by atoms with van der Waals surface area (Å²) in [5.74, 6) is -0.978. The van der Waals surface area contributed by atoms with Crippen LogP contribution in [0.15, 0.2) is 24.3 Å². The van der Waals surface area contributed by atoms with Crippen molar-refractivity contribution in [2.24, 2.45) is 0 Å². The molecule has 0 aliphatic rings. The van der Waals surface area contributed by atoms with Crippen LogP contribution in [0.4, 0.5) is 4.79 Å². The van der Waals surface area contributed by atoms with Gasteiger partial charge in [0, 0.05) is 24.4 Å². The van der Waals surface area contributed by atoms with Gasteiger partial charge in [-0.2, -0.15) is 12.6 Å². The molecule has 0 spiro atoms. The lowest BCUT2D eigenvalue weighted by Crippen LogP contribution is -2.53. The van der Waals surface area contributed by atoms with E-state index < -0.39 is 35.6 Å². The number of para-hydroxylation sites is 1. The van der Waals surface area contributed by atoms with E-state index in [1.54, 1.807) is 45.9 Å². The molecule has 3 N–H and O–H groups in total. The molecule has 0 radical (unpaired) electrons. The molecule has 3 amide bonds. The molecule has 0 saturated heterocycles. The van der Waals surface area contributed by atoms with E-state index in [2.05, 4.69) is 23.3 Å². The lowest BCUT2D eigenvalue weighted by molar-refractivity contribution is -0.141. The average molecular weight is 454 g/mol. The molecular formula is C22H35N3O5S. The second-order valence-electron chi connectivity index (χ2n) is 8.11. The van der Waals surface area contributed by atoms with E-state index in [-0.39, 0.29) is 18.0 Å². The van der Waals surface area contributed by atoms with Crippen LogP contribution >= 0.6 is 12.6 Å². The number of carbonyl (C=O) groups is 3. The van der Waals surface area contributed by atoms with Crippen molar-refractivity contribution in [2.75, 3.05) is 18.8 Å². The number of amides is 3. The van der Waals surface area contributed by atoms with Crippen molar-refractivity contribution >= 4 is 30.5 Å². The fraction of sp³-hybridized carbons (Fsp3) is 0.591. The van der Waals surface area contributed by atoms with Gasteiger partial charge in [-0.25, -0.2) is 4.79 Å². The van der Waals surface area contributed by atoms with E-state index >= 15 is 0 Å². The molecule has 8 nitrogen and oxygen atoms in total. The Bertz CT molecular complexity index is 751. The first kappa shape index (κ1) is 26.6. The van der Waals surface area contributed by atoms with Crippen LogP contribution in [0.1, 0.15) is 59.1 Å². The highest BCUT2D eigenvalue weighted by Crippen LogP contribution is 2.29. The van der Waals surface area contributed by atoms with Crippen LogP contribution in [0, 0.1) is 0 Å².